The van der Waals surface area contributed by atoms with Crippen molar-refractivity contribution in [1.29, 1.82) is 0 Å². The zero-order valence-electron chi connectivity index (χ0n) is 21.4. The molecule has 0 bridgehead atoms. The van der Waals surface area contributed by atoms with Crippen LogP contribution in [-0.4, -0.2) is 52.4 Å². The number of carbonyl (C=O) groups is 2. The number of benzene rings is 3. The third-order valence-corrected chi connectivity index (χ3v) is 7.54. The van der Waals surface area contributed by atoms with Gasteiger partial charge in [-0.25, -0.2) is 0 Å². The lowest BCUT2D eigenvalue weighted by Crippen LogP contribution is -2.34. The maximum absolute atomic E-state index is 13.7. The normalized spacial score (nSPS) is 16.8. The molecule has 38 heavy (non-hydrogen) atoms. The van der Waals surface area contributed by atoms with E-state index in [0.29, 0.717) is 35.4 Å². The van der Waals surface area contributed by atoms with Gasteiger partial charge in [0.05, 0.1) is 6.61 Å². The largest absolute Gasteiger partial charge is 0.491 e. The van der Waals surface area contributed by atoms with Crippen molar-refractivity contribution in [3.63, 3.8) is 0 Å². The van der Waals surface area contributed by atoms with Crippen LogP contribution < -0.4 is 10.1 Å². The van der Waals surface area contributed by atoms with Gasteiger partial charge in [0.25, 0.3) is 5.91 Å². The van der Waals surface area contributed by atoms with Gasteiger partial charge >= 0.3 is 0 Å². The van der Waals surface area contributed by atoms with E-state index >= 15 is 0 Å². The van der Waals surface area contributed by atoms with Crippen LogP contribution in [0.25, 0.3) is 5.57 Å². The minimum absolute atomic E-state index is 0.0587. The minimum atomic E-state index is -1.29. The van der Waals surface area contributed by atoms with Crippen LogP contribution in [0.3, 0.4) is 0 Å². The summed E-state index contributed by atoms with van der Waals surface area (Å²) in [5, 5.41) is 31.5. The number of nitrogens with one attached hydrogen (secondary N) is 1. The average Bonchev–Trinajstić information content (AvgIpc) is 3.34. The van der Waals surface area contributed by atoms with Crippen molar-refractivity contribution >= 4 is 17.3 Å². The third kappa shape index (κ3) is 4.65. The maximum Gasteiger partial charge on any atom is 0.251 e. The van der Waals surface area contributed by atoms with Crippen molar-refractivity contribution in [2.45, 2.75) is 44.4 Å². The van der Waals surface area contributed by atoms with Crippen molar-refractivity contribution in [3.8, 4) is 5.75 Å². The first-order valence-corrected chi connectivity index (χ1v) is 12.7. The molecular weight excluding hydrogens is 482 g/mol. The van der Waals surface area contributed by atoms with Crippen LogP contribution in [0.2, 0.25) is 0 Å². The predicted octanol–water partition coefficient (Wildman–Crippen LogP) is 3.19. The third-order valence-electron chi connectivity index (χ3n) is 7.54. The lowest BCUT2D eigenvalue weighted by Gasteiger charge is -2.34. The number of aliphatic hydroxyl groups is 3. The van der Waals surface area contributed by atoms with E-state index in [-0.39, 0.29) is 18.3 Å². The number of allylic oxidation sites excluding steroid dienone is 2. The fourth-order valence-corrected chi connectivity index (χ4v) is 5.28. The fourth-order valence-electron chi connectivity index (χ4n) is 5.28. The number of ether oxygens (including phenoxy) is 1. The van der Waals surface area contributed by atoms with Gasteiger partial charge in [0.1, 0.15) is 24.6 Å². The Morgan fingerprint density at radius 1 is 1.00 bits per heavy atom. The standard InChI is InChI=1S/C31H31NO6/c1-31(2)24-14-21(38-17-27(35)26(34)16-33)9-11-23(24)29(36)28-22-10-8-19(12-20(22)13-25(28)31)30(37)32-15-18-6-4-3-5-7-18/h3-12,14,26-27,33-35H,13,15-17H2,1-2H3,(H,32,37)/t26-,27-/m1/s1. The number of ketones is 1. The van der Waals surface area contributed by atoms with E-state index in [9.17, 15) is 19.8 Å². The summed E-state index contributed by atoms with van der Waals surface area (Å²) in [6.07, 6.45) is -1.96. The second-order valence-corrected chi connectivity index (χ2v) is 10.4. The van der Waals surface area contributed by atoms with Gasteiger partial charge in [0, 0.05) is 28.7 Å². The lowest BCUT2D eigenvalue weighted by atomic mass is 9.68. The smallest absolute Gasteiger partial charge is 0.251 e. The molecule has 0 spiro atoms. The molecule has 0 fully saturated rings. The molecule has 196 valence electrons. The van der Waals surface area contributed by atoms with Crippen LogP contribution >= 0.6 is 0 Å². The summed E-state index contributed by atoms with van der Waals surface area (Å²) < 4.78 is 5.66. The first kappa shape index (κ1) is 25.9. The molecule has 0 aromatic heterocycles. The molecule has 2 atom stereocenters. The van der Waals surface area contributed by atoms with Gasteiger partial charge in [-0.3, -0.25) is 9.59 Å². The van der Waals surface area contributed by atoms with E-state index in [1.165, 1.54) is 0 Å². The lowest BCUT2D eigenvalue weighted by molar-refractivity contribution is -0.0339. The summed E-state index contributed by atoms with van der Waals surface area (Å²) in [4.78, 5) is 26.5. The molecule has 1 amide bonds. The number of fused-ring (bicyclic) bond motifs is 3. The van der Waals surface area contributed by atoms with Gasteiger partial charge in [-0.2, -0.15) is 0 Å². The summed E-state index contributed by atoms with van der Waals surface area (Å²) >= 11 is 0. The Balaban J connectivity index is 1.37. The van der Waals surface area contributed by atoms with E-state index in [1.807, 2.05) is 42.5 Å². The molecule has 7 heteroatoms. The number of carbonyl (C=O) groups excluding carboxylic acids is 2. The summed E-state index contributed by atoms with van der Waals surface area (Å²) in [6, 6.07) is 20.5. The number of amides is 1. The van der Waals surface area contributed by atoms with Gasteiger partial charge in [-0.1, -0.05) is 50.2 Å². The SMILES string of the molecule is CC1(C)C2=C(C(=O)c3ccc(OC[C@@H](O)[C@H](O)CO)cc31)c1ccc(C(=O)NCc3ccccc3)cc1C2. The second kappa shape index (κ2) is 10.2. The number of aliphatic hydroxyl groups excluding tert-OH is 3. The summed E-state index contributed by atoms with van der Waals surface area (Å²) in [6.45, 7) is 3.82. The highest BCUT2D eigenvalue weighted by Crippen LogP contribution is 2.50. The molecule has 4 N–H and O–H groups in total. The molecule has 3 aromatic carbocycles. The highest BCUT2D eigenvalue weighted by atomic mass is 16.5. The summed E-state index contributed by atoms with van der Waals surface area (Å²) in [7, 11) is 0. The van der Waals surface area contributed by atoms with E-state index in [2.05, 4.69) is 19.2 Å². The molecule has 0 heterocycles. The Hall–Kier alpha value is -3.78. The molecule has 2 aliphatic carbocycles. The van der Waals surface area contributed by atoms with Crippen molar-refractivity contribution < 1.29 is 29.6 Å². The summed E-state index contributed by atoms with van der Waals surface area (Å²) in [5.74, 6) is 0.244. The van der Waals surface area contributed by atoms with Crippen LogP contribution in [0, 0.1) is 0 Å². The Morgan fingerprint density at radius 2 is 1.74 bits per heavy atom. The maximum atomic E-state index is 13.7. The number of rotatable bonds is 8. The Bertz CT molecular complexity index is 1430. The van der Waals surface area contributed by atoms with E-state index in [1.54, 1.807) is 24.3 Å². The van der Waals surface area contributed by atoms with E-state index < -0.39 is 24.2 Å². The minimum Gasteiger partial charge on any atom is -0.491 e. The Morgan fingerprint density at radius 3 is 2.47 bits per heavy atom. The molecule has 0 radical (unpaired) electrons. The Labute approximate surface area is 221 Å². The molecule has 3 aromatic rings. The van der Waals surface area contributed by atoms with Crippen LogP contribution in [0.1, 0.15) is 56.8 Å². The number of Topliss-reactive ketones (excluding diaryl/α,β-unsaturated/α-hetero) is 1. The van der Waals surface area contributed by atoms with Crippen LogP contribution in [-0.2, 0) is 18.4 Å². The average molecular weight is 514 g/mol. The topological polar surface area (TPSA) is 116 Å². The zero-order valence-corrected chi connectivity index (χ0v) is 21.4. The molecule has 0 unspecified atom stereocenters. The number of hydrogen-bond acceptors (Lipinski definition) is 6. The van der Waals surface area contributed by atoms with Crippen LogP contribution in [0.15, 0.2) is 72.3 Å². The molecule has 0 saturated carbocycles. The second-order valence-electron chi connectivity index (χ2n) is 10.4. The van der Waals surface area contributed by atoms with Crippen molar-refractivity contribution in [2.75, 3.05) is 13.2 Å². The highest BCUT2D eigenvalue weighted by Gasteiger charge is 2.43. The van der Waals surface area contributed by atoms with Gasteiger partial charge < -0.3 is 25.4 Å². The monoisotopic (exact) mass is 513 g/mol. The fraction of sp³-hybridized carbons (Fsp3) is 0.290. The molecule has 0 saturated heterocycles. The zero-order chi connectivity index (χ0) is 27.0. The van der Waals surface area contributed by atoms with E-state index in [4.69, 9.17) is 9.84 Å². The van der Waals surface area contributed by atoms with Gasteiger partial charge in [0.2, 0.25) is 0 Å². The molecule has 2 aliphatic rings. The van der Waals surface area contributed by atoms with Crippen molar-refractivity contribution in [3.05, 3.63) is 106 Å². The van der Waals surface area contributed by atoms with Gasteiger partial charge in [-0.05, 0) is 64.6 Å². The highest BCUT2D eigenvalue weighted by molar-refractivity contribution is 6.33. The molecule has 5 rings (SSSR count). The van der Waals surface area contributed by atoms with Crippen LogP contribution in [0.5, 0.6) is 5.75 Å². The van der Waals surface area contributed by atoms with Crippen molar-refractivity contribution in [2.24, 2.45) is 0 Å². The summed E-state index contributed by atoms with van der Waals surface area (Å²) in [5.41, 5.74) is 6.03. The first-order valence-electron chi connectivity index (χ1n) is 12.7. The number of hydrogen-bond donors (Lipinski definition) is 4. The van der Waals surface area contributed by atoms with Gasteiger partial charge in [0.15, 0.2) is 5.78 Å². The first-order chi connectivity index (χ1) is 18.2. The molecular formula is C31H31NO6. The quantitative estimate of drug-likeness (QED) is 0.368. The molecule has 7 nitrogen and oxygen atoms in total. The van der Waals surface area contributed by atoms with E-state index in [0.717, 1.165) is 27.8 Å². The van der Waals surface area contributed by atoms with Gasteiger partial charge in [-0.15, -0.1) is 0 Å². The predicted molar refractivity (Wildman–Crippen MR) is 143 cm³/mol. The Kier molecular flexibility index (Phi) is 6.92. The molecule has 0 aliphatic heterocycles. The van der Waals surface area contributed by atoms with Crippen molar-refractivity contribution in [1.82, 2.24) is 5.32 Å². The van der Waals surface area contributed by atoms with Crippen LogP contribution in [0.4, 0.5) is 0 Å².